The van der Waals surface area contributed by atoms with E-state index in [1.165, 1.54) is 6.07 Å². The van der Waals surface area contributed by atoms with E-state index in [1.54, 1.807) is 43.5 Å². The van der Waals surface area contributed by atoms with Crippen LogP contribution in [0.5, 0.6) is 11.5 Å². The van der Waals surface area contributed by atoms with Gasteiger partial charge in [-0.3, -0.25) is 0 Å². The molecule has 0 fully saturated rings. The summed E-state index contributed by atoms with van der Waals surface area (Å²) in [5, 5.41) is 0. The van der Waals surface area contributed by atoms with E-state index in [1.807, 2.05) is 6.07 Å². The summed E-state index contributed by atoms with van der Waals surface area (Å²) in [5.74, 6) is 1.31. The van der Waals surface area contributed by atoms with Crippen molar-refractivity contribution in [2.75, 3.05) is 20.3 Å². The number of methoxy groups -OCH3 is 1. The van der Waals surface area contributed by atoms with Gasteiger partial charge in [0.1, 0.15) is 18.1 Å². The molecule has 0 aromatic heterocycles. The maximum absolute atomic E-state index is 12.1. The second-order valence-corrected chi connectivity index (χ2v) is 6.95. The molecule has 0 heterocycles. The lowest BCUT2D eigenvalue weighted by Crippen LogP contribution is -2.28. The second kappa shape index (κ2) is 7.62. The average Bonchev–Trinajstić information content (AvgIpc) is 2.52. The molecule has 1 N–H and O–H groups in total. The van der Waals surface area contributed by atoms with Crippen LogP contribution >= 0.6 is 15.9 Å². The number of sulfonamides is 1. The Morgan fingerprint density at radius 1 is 1.09 bits per heavy atom. The molecule has 2 aromatic rings. The summed E-state index contributed by atoms with van der Waals surface area (Å²) in [6, 6.07) is 13.8. The molecule has 0 aliphatic rings. The largest absolute Gasteiger partial charge is 0.497 e. The average molecular weight is 386 g/mol. The van der Waals surface area contributed by atoms with E-state index >= 15 is 0 Å². The van der Waals surface area contributed by atoms with Crippen LogP contribution in [0.15, 0.2) is 57.9 Å². The maximum atomic E-state index is 12.1. The highest BCUT2D eigenvalue weighted by Crippen LogP contribution is 2.21. The number of halogens is 1. The van der Waals surface area contributed by atoms with Gasteiger partial charge in [0.2, 0.25) is 10.0 Å². The third-order valence-electron chi connectivity index (χ3n) is 2.83. The van der Waals surface area contributed by atoms with Crippen LogP contribution in [0.3, 0.4) is 0 Å². The summed E-state index contributed by atoms with van der Waals surface area (Å²) >= 11 is 3.23. The van der Waals surface area contributed by atoms with Crippen molar-refractivity contribution in [3.8, 4) is 11.5 Å². The number of hydrogen-bond donors (Lipinski definition) is 1. The molecule has 0 amide bonds. The van der Waals surface area contributed by atoms with E-state index in [0.29, 0.717) is 16.0 Å². The second-order valence-electron chi connectivity index (χ2n) is 4.36. The first-order valence-corrected chi connectivity index (χ1v) is 8.81. The van der Waals surface area contributed by atoms with Gasteiger partial charge in [-0.2, -0.15) is 0 Å². The van der Waals surface area contributed by atoms with E-state index in [2.05, 4.69) is 20.7 Å². The molecule has 5 nitrogen and oxygen atoms in total. The Morgan fingerprint density at radius 3 is 2.55 bits per heavy atom. The van der Waals surface area contributed by atoms with Gasteiger partial charge in [-0.1, -0.05) is 18.2 Å². The quantitative estimate of drug-likeness (QED) is 0.744. The summed E-state index contributed by atoms with van der Waals surface area (Å²) in [6.07, 6.45) is 0. The van der Waals surface area contributed by atoms with Crippen molar-refractivity contribution in [1.82, 2.24) is 4.72 Å². The predicted octanol–water partition coefficient (Wildman–Crippen LogP) is 2.82. The summed E-state index contributed by atoms with van der Waals surface area (Å²) in [6.45, 7) is 0.387. The van der Waals surface area contributed by atoms with E-state index in [4.69, 9.17) is 9.47 Å². The Kier molecular flexibility index (Phi) is 5.82. The van der Waals surface area contributed by atoms with E-state index in [-0.39, 0.29) is 18.0 Å². The molecule has 0 saturated heterocycles. The first-order chi connectivity index (χ1) is 10.5. The van der Waals surface area contributed by atoms with Gasteiger partial charge >= 0.3 is 0 Å². The maximum Gasteiger partial charge on any atom is 0.241 e. The molecule has 0 aliphatic carbocycles. The molecule has 0 radical (unpaired) electrons. The van der Waals surface area contributed by atoms with Crippen molar-refractivity contribution >= 4 is 26.0 Å². The summed E-state index contributed by atoms with van der Waals surface area (Å²) in [4.78, 5) is 0.205. The topological polar surface area (TPSA) is 64.6 Å². The molecule has 0 unspecified atom stereocenters. The number of rotatable bonds is 7. The van der Waals surface area contributed by atoms with Crippen LogP contribution in [-0.2, 0) is 10.0 Å². The molecule has 0 aliphatic heterocycles. The van der Waals surface area contributed by atoms with Gasteiger partial charge in [-0.25, -0.2) is 13.1 Å². The fourth-order valence-corrected chi connectivity index (χ4v) is 3.79. The minimum absolute atomic E-state index is 0.168. The molecule has 2 rings (SSSR count). The number of hydrogen-bond acceptors (Lipinski definition) is 4. The summed E-state index contributed by atoms with van der Waals surface area (Å²) < 4.78 is 37.9. The van der Waals surface area contributed by atoms with Gasteiger partial charge in [0.15, 0.2) is 0 Å². The molecule has 0 bridgehead atoms. The van der Waals surface area contributed by atoms with Crippen molar-refractivity contribution in [2.45, 2.75) is 4.90 Å². The number of ether oxygens (including phenoxy) is 2. The molecular weight excluding hydrogens is 370 g/mol. The van der Waals surface area contributed by atoms with Gasteiger partial charge in [0.25, 0.3) is 0 Å². The Hall–Kier alpha value is -1.57. The van der Waals surface area contributed by atoms with Gasteiger partial charge in [-0.15, -0.1) is 0 Å². The monoisotopic (exact) mass is 385 g/mol. The van der Waals surface area contributed by atoms with Crippen molar-refractivity contribution < 1.29 is 17.9 Å². The zero-order valence-corrected chi connectivity index (χ0v) is 14.4. The molecule has 118 valence electrons. The molecule has 7 heteroatoms. The lowest BCUT2D eigenvalue weighted by atomic mass is 10.3. The highest BCUT2D eigenvalue weighted by atomic mass is 79.9. The first-order valence-electron chi connectivity index (χ1n) is 6.54. The summed E-state index contributed by atoms with van der Waals surface area (Å²) in [5.41, 5.74) is 0. The molecule has 0 saturated carbocycles. The van der Waals surface area contributed by atoms with Crippen LogP contribution in [0, 0.1) is 0 Å². The van der Waals surface area contributed by atoms with Gasteiger partial charge < -0.3 is 9.47 Å². The Balaban J connectivity index is 1.89. The van der Waals surface area contributed by atoms with Crippen LogP contribution in [0.4, 0.5) is 0 Å². The molecular formula is C15H16BrNO4S. The standard InChI is InChI=1S/C15H16BrNO4S/c1-20-12-5-4-6-13(11-12)21-10-9-17-22(18,19)15-8-3-2-7-14(15)16/h2-8,11,17H,9-10H2,1H3. The van der Waals surface area contributed by atoms with E-state index in [0.717, 1.165) is 0 Å². The Bertz CT molecular complexity index is 734. The van der Waals surface area contributed by atoms with Crippen molar-refractivity contribution in [3.63, 3.8) is 0 Å². The molecule has 0 spiro atoms. The minimum Gasteiger partial charge on any atom is -0.497 e. The van der Waals surface area contributed by atoms with Crippen LogP contribution in [0.25, 0.3) is 0 Å². The third-order valence-corrected chi connectivity index (χ3v) is 5.30. The Morgan fingerprint density at radius 2 is 1.82 bits per heavy atom. The van der Waals surface area contributed by atoms with Gasteiger partial charge in [-0.05, 0) is 40.2 Å². The van der Waals surface area contributed by atoms with Crippen molar-refractivity contribution in [3.05, 3.63) is 53.0 Å². The smallest absolute Gasteiger partial charge is 0.241 e. The highest BCUT2D eigenvalue weighted by Gasteiger charge is 2.16. The lowest BCUT2D eigenvalue weighted by molar-refractivity contribution is 0.320. The molecule has 0 atom stereocenters. The zero-order valence-electron chi connectivity index (χ0n) is 12.0. The van der Waals surface area contributed by atoms with Crippen LogP contribution in [0.1, 0.15) is 0 Å². The predicted molar refractivity (Wildman–Crippen MR) is 87.8 cm³/mol. The minimum atomic E-state index is -3.56. The van der Waals surface area contributed by atoms with E-state index < -0.39 is 10.0 Å². The highest BCUT2D eigenvalue weighted by molar-refractivity contribution is 9.10. The van der Waals surface area contributed by atoms with Crippen LogP contribution in [-0.4, -0.2) is 28.7 Å². The van der Waals surface area contributed by atoms with Crippen LogP contribution in [0.2, 0.25) is 0 Å². The van der Waals surface area contributed by atoms with Gasteiger partial charge in [0.05, 0.1) is 12.0 Å². The molecule has 2 aromatic carbocycles. The zero-order chi connectivity index (χ0) is 16.0. The lowest BCUT2D eigenvalue weighted by Gasteiger charge is -2.10. The van der Waals surface area contributed by atoms with Crippen molar-refractivity contribution in [2.24, 2.45) is 0 Å². The first kappa shape index (κ1) is 16.8. The van der Waals surface area contributed by atoms with Gasteiger partial charge in [0, 0.05) is 17.1 Å². The van der Waals surface area contributed by atoms with Crippen LogP contribution < -0.4 is 14.2 Å². The van der Waals surface area contributed by atoms with Crippen molar-refractivity contribution in [1.29, 1.82) is 0 Å². The normalized spacial score (nSPS) is 11.2. The molecule has 22 heavy (non-hydrogen) atoms. The summed E-state index contributed by atoms with van der Waals surface area (Å²) in [7, 11) is -1.99. The fourth-order valence-electron chi connectivity index (χ4n) is 1.78. The number of nitrogens with one attached hydrogen (secondary N) is 1. The van der Waals surface area contributed by atoms with E-state index in [9.17, 15) is 8.42 Å². The number of benzene rings is 2. The Labute approximate surface area is 138 Å². The third kappa shape index (κ3) is 4.46. The SMILES string of the molecule is COc1cccc(OCCNS(=O)(=O)c2ccccc2Br)c1. The fraction of sp³-hybridized carbons (Fsp3) is 0.200.